The fourth-order valence-electron chi connectivity index (χ4n) is 0.868. The minimum Gasteiger partial charge on any atom is -0.292 e. The van der Waals surface area contributed by atoms with E-state index in [-0.39, 0.29) is 5.78 Å². The molecule has 0 saturated heterocycles. The second-order valence-electron chi connectivity index (χ2n) is 2.45. The van der Waals surface area contributed by atoms with Gasteiger partial charge in [-0.2, -0.15) is 0 Å². The zero-order valence-electron chi connectivity index (χ0n) is 7.26. The molecule has 2 nitrogen and oxygen atoms in total. The SMILES string of the molecule is C=Cc1sc(C(=O)CC)nc1C. The smallest absolute Gasteiger partial charge is 0.191 e. The molecule has 1 rings (SSSR count). The van der Waals surface area contributed by atoms with Crippen LogP contribution in [0.2, 0.25) is 0 Å². The van der Waals surface area contributed by atoms with Crippen molar-refractivity contribution in [1.82, 2.24) is 4.98 Å². The summed E-state index contributed by atoms with van der Waals surface area (Å²) in [6, 6.07) is 0. The van der Waals surface area contributed by atoms with Gasteiger partial charge >= 0.3 is 0 Å². The van der Waals surface area contributed by atoms with E-state index in [1.807, 2.05) is 13.8 Å². The topological polar surface area (TPSA) is 30.0 Å². The second-order valence-corrected chi connectivity index (χ2v) is 3.48. The normalized spacial score (nSPS) is 9.83. The summed E-state index contributed by atoms with van der Waals surface area (Å²) in [5.41, 5.74) is 0.895. The fraction of sp³-hybridized carbons (Fsp3) is 0.333. The predicted molar refractivity (Wildman–Crippen MR) is 51.6 cm³/mol. The number of carbonyl (C=O) groups excluding carboxylic acids is 1. The van der Waals surface area contributed by atoms with Crippen molar-refractivity contribution in [3.8, 4) is 0 Å². The Bertz CT molecular complexity index is 314. The van der Waals surface area contributed by atoms with Crippen molar-refractivity contribution >= 4 is 23.2 Å². The molecule has 0 fully saturated rings. The second kappa shape index (κ2) is 3.63. The third-order valence-corrected chi connectivity index (χ3v) is 2.77. The van der Waals surface area contributed by atoms with Crippen molar-refractivity contribution in [1.29, 1.82) is 0 Å². The molecule has 64 valence electrons. The molecule has 0 aliphatic rings. The average Bonchev–Trinajstić information content (AvgIpc) is 2.45. The van der Waals surface area contributed by atoms with Gasteiger partial charge in [0, 0.05) is 11.3 Å². The zero-order chi connectivity index (χ0) is 9.14. The van der Waals surface area contributed by atoms with Crippen LogP contribution in [-0.4, -0.2) is 10.8 Å². The van der Waals surface area contributed by atoms with E-state index in [1.165, 1.54) is 11.3 Å². The van der Waals surface area contributed by atoms with Gasteiger partial charge < -0.3 is 0 Å². The van der Waals surface area contributed by atoms with E-state index < -0.39 is 0 Å². The molecule has 1 heterocycles. The summed E-state index contributed by atoms with van der Waals surface area (Å²) in [6.07, 6.45) is 2.25. The molecule has 0 spiro atoms. The molecule has 1 aromatic rings. The van der Waals surface area contributed by atoms with E-state index in [4.69, 9.17) is 0 Å². The number of carbonyl (C=O) groups is 1. The monoisotopic (exact) mass is 181 g/mol. The molecule has 1 aromatic heterocycles. The Morgan fingerprint density at radius 3 is 2.83 bits per heavy atom. The van der Waals surface area contributed by atoms with E-state index in [2.05, 4.69) is 11.6 Å². The first-order valence-corrected chi connectivity index (χ1v) is 4.63. The summed E-state index contributed by atoms with van der Waals surface area (Å²) in [5, 5.41) is 0.602. The van der Waals surface area contributed by atoms with Crippen LogP contribution in [0.25, 0.3) is 6.08 Å². The van der Waals surface area contributed by atoms with E-state index in [0.29, 0.717) is 11.4 Å². The summed E-state index contributed by atoms with van der Waals surface area (Å²) in [6.45, 7) is 7.38. The molecule has 0 atom stereocenters. The highest BCUT2D eigenvalue weighted by atomic mass is 32.1. The van der Waals surface area contributed by atoms with Crippen LogP contribution in [-0.2, 0) is 0 Å². The third-order valence-electron chi connectivity index (χ3n) is 1.58. The summed E-state index contributed by atoms with van der Waals surface area (Å²) in [5.74, 6) is 0.108. The van der Waals surface area contributed by atoms with E-state index >= 15 is 0 Å². The zero-order valence-corrected chi connectivity index (χ0v) is 8.07. The standard InChI is InChI=1S/C9H11NOS/c1-4-7(11)9-10-6(3)8(5-2)12-9/h5H,2,4H2,1,3H3. The Balaban J connectivity index is 3.04. The fourth-order valence-corrected chi connectivity index (χ4v) is 1.79. The van der Waals surface area contributed by atoms with Crippen molar-refractivity contribution in [2.24, 2.45) is 0 Å². The summed E-state index contributed by atoms with van der Waals surface area (Å²) in [7, 11) is 0. The number of aryl methyl sites for hydroxylation is 1. The van der Waals surface area contributed by atoms with Crippen LogP contribution in [0.3, 0.4) is 0 Å². The molecule has 0 aliphatic heterocycles. The summed E-state index contributed by atoms with van der Waals surface area (Å²) in [4.78, 5) is 16.4. The Hall–Kier alpha value is -0.960. The maximum Gasteiger partial charge on any atom is 0.191 e. The van der Waals surface area contributed by atoms with Crippen molar-refractivity contribution < 1.29 is 4.79 Å². The van der Waals surface area contributed by atoms with Gasteiger partial charge in [-0.1, -0.05) is 19.6 Å². The first-order chi connectivity index (χ1) is 5.69. The Labute approximate surface area is 76.0 Å². The minimum absolute atomic E-state index is 0.108. The van der Waals surface area contributed by atoms with Crippen LogP contribution in [0, 0.1) is 6.92 Å². The predicted octanol–water partition coefficient (Wildman–Crippen LogP) is 2.69. The largest absolute Gasteiger partial charge is 0.292 e. The van der Waals surface area contributed by atoms with Crippen LogP contribution in [0.5, 0.6) is 0 Å². The van der Waals surface area contributed by atoms with Crippen LogP contribution < -0.4 is 0 Å². The molecule has 0 bridgehead atoms. The lowest BCUT2D eigenvalue weighted by molar-refractivity contribution is 0.0987. The maximum atomic E-state index is 11.2. The third kappa shape index (κ3) is 1.61. The van der Waals surface area contributed by atoms with Crippen molar-refractivity contribution in [2.45, 2.75) is 20.3 Å². The number of rotatable bonds is 3. The van der Waals surface area contributed by atoms with Gasteiger partial charge in [-0.25, -0.2) is 4.98 Å². The Morgan fingerprint density at radius 2 is 2.42 bits per heavy atom. The Morgan fingerprint density at radius 1 is 1.75 bits per heavy atom. The molecular formula is C9H11NOS. The van der Waals surface area contributed by atoms with E-state index in [9.17, 15) is 4.79 Å². The van der Waals surface area contributed by atoms with Gasteiger partial charge in [0.1, 0.15) is 0 Å². The number of thiazole rings is 1. The first-order valence-electron chi connectivity index (χ1n) is 3.82. The summed E-state index contributed by atoms with van der Waals surface area (Å²) >= 11 is 1.41. The van der Waals surface area contributed by atoms with Crippen LogP contribution in [0.1, 0.15) is 33.7 Å². The molecule has 3 heteroatoms. The molecule has 0 saturated carbocycles. The number of hydrogen-bond acceptors (Lipinski definition) is 3. The highest BCUT2D eigenvalue weighted by molar-refractivity contribution is 7.14. The molecule has 0 radical (unpaired) electrons. The molecule has 12 heavy (non-hydrogen) atoms. The lowest BCUT2D eigenvalue weighted by Crippen LogP contribution is -1.94. The number of hydrogen-bond donors (Lipinski definition) is 0. The van der Waals surface area contributed by atoms with E-state index in [1.54, 1.807) is 6.08 Å². The molecule has 0 amide bonds. The van der Waals surface area contributed by atoms with Crippen LogP contribution in [0.4, 0.5) is 0 Å². The lowest BCUT2D eigenvalue weighted by atomic mass is 10.3. The van der Waals surface area contributed by atoms with Crippen molar-refractivity contribution in [3.63, 3.8) is 0 Å². The first kappa shape index (κ1) is 9.13. The molecular weight excluding hydrogens is 170 g/mol. The Kier molecular flexibility index (Phi) is 2.76. The van der Waals surface area contributed by atoms with Gasteiger partial charge in [-0.15, -0.1) is 11.3 Å². The van der Waals surface area contributed by atoms with Crippen LogP contribution >= 0.6 is 11.3 Å². The van der Waals surface area contributed by atoms with E-state index in [0.717, 1.165) is 10.6 Å². The van der Waals surface area contributed by atoms with Gasteiger partial charge in [0.05, 0.1) is 5.69 Å². The lowest BCUT2D eigenvalue weighted by Gasteiger charge is -1.85. The maximum absolute atomic E-state index is 11.2. The average molecular weight is 181 g/mol. The van der Waals surface area contributed by atoms with Gasteiger partial charge in [0.15, 0.2) is 10.8 Å². The van der Waals surface area contributed by atoms with Gasteiger partial charge in [0.2, 0.25) is 0 Å². The van der Waals surface area contributed by atoms with Gasteiger partial charge in [-0.3, -0.25) is 4.79 Å². The molecule has 0 aromatic carbocycles. The molecule has 0 unspecified atom stereocenters. The number of nitrogens with zero attached hydrogens (tertiary/aromatic N) is 1. The van der Waals surface area contributed by atoms with Crippen LogP contribution in [0.15, 0.2) is 6.58 Å². The minimum atomic E-state index is 0.108. The molecule has 0 N–H and O–H groups in total. The van der Waals surface area contributed by atoms with Crippen molar-refractivity contribution in [3.05, 3.63) is 22.2 Å². The van der Waals surface area contributed by atoms with Gasteiger partial charge in [0.25, 0.3) is 0 Å². The van der Waals surface area contributed by atoms with Gasteiger partial charge in [-0.05, 0) is 6.92 Å². The molecule has 0 aliphatic carbocycles. The quantitative estimate of drug-likeness (QED) is 0.671. The summed E-state index contributed by atoms with van der Waals surface area (Å²) < 4.78 is 0. The highest BCUT2D eigenvalue weighted by Gasteiger charge is 2.10. The number of Topliss-reactive ketones (excluding diaryl/α,β-unsaturated/α-hetero) is 1. The number of aromatic nitrogens is 1. The highest BCUT2D eigenvalue weighted by Crippen LogP contribution is 2.19. The van der Waals surface area contributed by atoms with Crippen molar-refractivity contribution in [2.75, 3.05) is 0 Å². The number of ketones is 1.